The van der Waals surface area contributed by atoms with E-state index in [-0.39, 0.29) is 12.1 Å². The third kappa shape index (κ3) is 5.14. The Bertz CT molecular complexity index is 694. The molecule has 6 heteroatoms. The molecule has 2 aromatic carbocycles. The molecule has 0 aliphatic carbocycles. The number of carbonyl (C=O) groups excluding carboxylic acids is 1. The van der Waals surface area contributed by atoms with Crippen molar-refractivity contribution in [3.8, 4) is 0 Å². The fourth-order valence-electron chi connectivity index (χ4n) is 1.92. The number of nitrogens with one attached hydrogen (secondary N) is 1. The SMILES string of the molecule is O=C(/C=C(/c1ccccc1)C(F)(F)F)NCc1ccc(Cl)cc1. The minimum absolute atomic E-state index is 0.0540. The zero-order valence-corrected chi connectivity index (χ0v) is 12.7. The topological polar surface area (TPSA) is 29.1 Å². The van der Waals surface area contributed by atoms with Crippen molar-refractivity contribution >= 4 is 23.1 Å². The molecule has 0 aliphatic heterocycles. The molecule has 0 aliphatic rings. The highest BCUT2D eigenvalue weighted by molar-refractivity contribution is 6.30. The fourth-order valence-corrected chi connectivity index (χ4v) is 2.05. The van der Waals surface area contributed by atoms with Gasteiger partial charge < -0.3 is 5.32 Å². The van der Waals surface area contributed by atoms with Gasteiger partial charge in [0.25, 0.3) is 0 Å². The molecule has 2 rings (SSSR count). The molecule has 1 amide bonds. The van der Waals surface area contributed by atoms with Crippen LogP contribution in [-0.2, 0) is 11.3 Å². The maximum Gasteiger partial charge on any atom is 0.417 e. The van der Waals surface area contributed by atoms with Gasteiger partial charge in [0.05, 0.1) is 5.57 Å². The molecule has 0 heterocycles. The molecule has 0 radical (unpaired) electrons. The van der Waals surface area contributed by atoms with Gasteiger partial charge in [0.15, 0.2) is 0 Å². The first-order chi connectivity index (χ1) is 10.9. The van der Waals surface area contributed by atoms with Crippen LogP contribution in [-0.4, -0.2) is 12.1 Å². The van der Waals surface area contributed by atoms with Crippen molar-refractivity contribution < 1.29 is 18.0 Å². The summed E-state index contributed by atoms with van der Waals surface area (Å²) in [6.45, 7) is 0.117. The first-order valence-corrected chi connectivity index (χ1v) is 7.10. The number of amides is 1. The van der Waals surface area contributed by atoms with Crippen LogP contribution in [0.2, 0.25) is 5.02 Å². The zero-order valence-electron chi connectivity index (χ0n) is 11.9. The van der Waals surface area contributed by atoms with E-state index in [1.165, 1.54) is 24.3 Å². The Labute approximate surface area is 136 Å². The molecule has 0 atom stereocenters. The predicted octanol–water partition coefficient (Wildman–Crippen LogP) is 4.60. The molecule has 2 nitrogen and oxygen atoms in total. The van der Waals surface area contributed by atoms with Crippen LogP contribution < -0.4 is 5.32 Å². The smallest absolute Gasteiger partial charge is 0.348 e. The van der Waals surface area contributed by atoms with Crippen LogP contribution in [0.3, 0.4) is 0 Å². The Kier molecular flexibility index (Phi) is 5.45. The molecule has 0 fully saturated rings. The van der Waals surface area contributed by atoms with Gasteiger partial charge in [-0.3, -0.25) is 4.79 Å². The predicted molar refractivity (Wildman–Crippen MR) is 83.8 cm³/mol. The van der Waals surface area contributed by atoms with Crippen LogP contribution >= 0.6 is 11.6 Å². The summed E-state index contributed by atoms with van der Waals surface area (Å²) in [7, 11) is 0. The molecule has 0 unspecified atom stereocenters. The Morgan fingerprint density at radius 3 is 2.22 bits per heavy atom. The van der Waals surface area contributed by atoms with Crippen LogP contribution in [0, 0.1) is 0 Å². The molecule has 1 N–H and O–H groups in total. The van der Waals surface area contributed by atoms with E-state index >= 15 is 0 Å². The molecule has 0 bridgehead atoms. The van der Waals surface area contributed by atoms with Crippen LogP contribution in [0.5, 0.6) is 0 Å². The monoisotopic (exact) mass is 339 g/mol. The third-order valence-corrected chi connectivity index (χ3v) is 3.30. The summed E-state index contributed by atoms with van der Waals surface area (Å²) < 4.78 is 39.3. The lowest BCUT2D eigenvalue weighted by molar-refractivity contribution is -0.117. The summed E-state index contributed by atoms with van der Waals surface area (Å²) in [4.78, 5) is 11.8. The number of alkyl halides is 3. The van der Waals surface area contributed by atoms with Crippen molar-refractivity contribution in [2.45, 2.75) is 12.7 Å². The quantitative estimate of drug-likeness (QED) is 0.810. The Balaban J connectivity index is 2.12. The largest absolute Gasteiger partial charge is 0.417 e. The van der Waals surface area contributed by atoms with Crippen molar-refractivity contribution in [3.63, 3.8) is 0 Å². The molecule has 120 valence electrons. The highest BCUT2D eigenvalue weighted by Gasteiger charge is 2.35. The summed E-state index contributed by atoms with van der Waals surface area (Å²) >= 11 is 5.74. The first kappa shape index (κ1) is 17.1. The summed E-state index contributed by atoms with van der Waals surface area (Å²) in [6.07, 6.45) is -4.04. The maximum atomic E-state index is 13.1. The number of hydrogen-bond acceptors (Lipinski definition) is 1. The van der Waals surface area contributed by atoms with Gasteiger partial charge in [-0.2, -0.15) is 13.2 Å². The minimum atomic E-state index is -4.61. The van der Waals surface area contributed by atoms with Crippen molar-refractivity contribution in [2.75, 3.05) is 0 Å². The van der Waals surface area contributed by atoms with Gasteiger partial charge in [0.1, 0.15) is 0 Å². The van der Waals surface area contributed by atoms with Gasteiger partial charge in [0, 0.05) is 17.6 Å². The van der Waals surface area contributed by atoms with Gasteiger partial charge in [-0.25, -0.2) is 0 Å². The molecule has 0 aromatic heterocycles. The second-order valence-corrected chi connectivity index (χ2v) is 5.20. The average molecular weight is 340 g/mol. The minimum Gasteiger partial charge on any atom is -0.348 e. The summed E-state index contributed by atoms with van der Waals surface area (Å²) in [5, 5.41) is 2.98. The maximum absolute atomic E-state index is 13.1. The lowest BCUT2D eigenvalue weighted by Crippen LogP contribution is -2.22. The number of rotatable bonds is 4. The Morgan fingerprint density at radius 1 is 1.04 bits per heavy atom. The highest BCUT2D eigenvalue weighted by atomic mass is 35.5. The summed E-state index contributed by atoms with van der Waals surface area (Å²) in [5.41, 5.74) is -0.294. The van der Waals surface area contributed by atoms with E-state index in [0.29, 0.717) is 11.1 Å². The van der Waals surface area contributed by atoms with Crippen molar-refractivity contribution in [1.29, 1.82) is 0 Å². The first-order valence-electron chi connectivity index (χ1n) is 6.73. The lowest BCUT2D eigenvalue weighted by atomic mass is 10.1. The van der Waals surface area contributed by atoms with Crippen LogP contribution in [0.25, 0.3) is 5.57 Å². The number of carbonyl (C=O) groups is 1. The van der Waals surface area contributed by atoms with Crippen LogP contribution in [0.15, 0.2) is 60.7 Å². The van der Waals surface area contributed by atoms with Crippen LogP contribution in [0.4, 0.5) is 13.2 Å². The second-order valence-electron chi connectivity index (χ2n) is 4.77. The van der Waals surface area contributed by atoms with Gasteiger partial charge in [0.2, 0.25) is 5.91 Å². The molecule has 2 aromatic rings. The third-order valence-electron chi connectivity index (χ3n) is 3.05. The van der Waals surface area contributed by atoms with Gasteiger partial charge >= 0.3 is 6.18 Å². The van der Waals surface area contributed by atoms with Crippen LogP contribution in [0.1, 0.15) is 11.1 Å². The number of benzene rings is 2. The standard InChI is InChI=1S/C17H13ClF3NO/c18-14-8-6-12(7-9-14)11-22-16(23)10-15(17(19,20)21)13-4-2-1-3-5-13/h1-10H,11H2,(H,22,23)/b15-10-. The number of allylic oxidation sites excluding steroid dienone is 1. The van der Waals surface area contributed by atoms with E-state index < -0.39 is 17.7 Å². The second kappa shape index (κ2) is 7.33. The summed E-state index contributed by atoms with van der Waals surface area (Å²) in [5.74, 6) is -0.809. The average Bonchev–Trinajstić information content (AvgIpc) is 2.52. The Morgan fingerprint density at radius 2 is 1.65 bits per heavy atom. The molecule has 0 saturated carbocycles. The molecule has 0 spiro atoms. The van der Waals surface area contributed by atoms with E-state index in [4.69, 9.17) is 11.6 Å². The van der Waals surface area contributed by atoms with Crippen molar-refractivity contribution in [1.82, 2.24) is 5.32 Å². The van der Waals surface area contributed by atoms with Crippen molar-refractivity contribution in [2.24, 2.45) is 0 Å². The van der Waals surface area contributed by atoms with E-state index in [1.54, 1.807) is 30.3 Å². The number of hydrogen-bond donors (Lipinski definition) is 1. The van der Waals surface area contributed by atoms with Gasteiger partial charge in [-0.05, 0) is 23.3 Å². The van der Waals surface area contributed by atoms with Gasteiger partial charge in [-0.15, -0.1) is 0 Å². The van der Waals surface area contributed by atoms with E-state index in [2.05, 4.69) is 5.32 Å². The molecule has 23 heavy (non-hydrogen) atoms. The number of halogens is 4. The lowest BCUT2D eigenvalue weighted by Gasteiger charge is -2.12. The van der Waals surface area contributed by atoms with E-state index in [1.807, 2.05) is 0 Å². The normalized spacial score (nSPS) is 12.1. The molecule has 0 saturated heterocycles. The molecular weight excluding hydrogens is 327 g/mol. The zero-order chi connectivity index (χ0) is 16.9. The Hall–Kier alpha value is -2.27. The van der Waals surface area contributed by atoms with E-state index in [0.717, 1.165) is 5.56 Å². The molecular formula is C17H13ClF3NO. The fraction of sp³-hybridized carbons (Fsp3) is 0.118. The van der Waals surface area contributed by atoms with Gasteiger partial charge in [-0.1, -0.05) is 54.1 Å². The van der Waals surface area contributed by atoms with E-state index in [9.17, 15) is 18.0 Å². The highest BCUT2D eigenvalue weighted by Crippen LogP contribution is 2.33. The van der Waals surface area contributed by atoms with Crippen molar-refractivity contribution in [3.05, 3.63) is 76.8 Å². The summed E-state index contributed by atoms with van der Waals surface area (Å²) in [6, 6.07) is 13.9.